The van der Waals surface area contributed by atoms with Crippen molar-refractivity contribution < 1.29 is 0 Å². The molecule has 0 amide bonds. The van der Waals surface area contributed by atoms with E-state index in [0.717, 1.165) is 17.1 Å². The van der Waals surface area contributed by atoms with E-state index in [0.29, 0.717) is 5.95 Å². The summed E-state index contributed by atoms with van der Waals surface area (Å²) in [5.41, 5.74) is 6.35. The maximum Gasteiger partial charge on any atom is 0.220 e. The number of hydrogen-bond donors (Lipinski definition) is 1. The molecule has 0 atom stereocenters. The van der Waals surface area contributed by atoms with Crippen molar-refractivity contribution in [3.05, 3.63) is 34.5 Å². The van der Waals surface area contributed by atoms with Crippen molar-refractivity contribution in [1.29, 1.82) is 0 Å². The van der Waals surface area contributed by atoms with E-state index in [1.807, 2.05) is 11.4 Å². The van der Waals surface area contributed by atoms with Gasteiger partial charge in [0, 0.05) is 24.2 Å². The minimum absolute atomic E-state index is 0.314. The first-order valence-corrected chi connectivity index (χ1v) is 4.68. The maximum atomic E-state index is 5.45. The molecule has 2 aromatic heterocycles. The van der Waals surface area contributed by atoms with Crippen LogP contribution in [0.1, 0.15) is 10.7 Å². The van der Waals surface area contributed by atoms with Gasteiger partial charge in [0.1, 0.15) is 0 Å². The van der Waals surface area contributed by atoms with Crippen LogP contribution in [0.2, 0.25) is 0 Å². The fraction of sp³-hybridized carbons (Fsp3) is 0.125. The van der Waals surface area contributed by atoms with Crippen LogP contribution in [0.25, 0.3) is 0 Å². The monoisotopic (exact) mass is 192 g/mol. The lowest BCUT2D eigenvalue weighted by atomic mass is 10.3. The highest BCUT2D eigenvalue weighted by Crippen LogP contribution is 2.09. The average molecular weight is 192 g/mol. The van der Waals surface area contributed by atoms with E-state index in [1.165, 1.54) is 0 Å². The Morgan fingerprint density at radius 2 is 2.23 bits per heavy atom. The zero-order chi connectivity index (χ0) is 9.10. The van der Waals surface area contributed by atoms with Crippen LogP contribution in [0.3, 0.4) is 0 Å². The van der Waals surface area contributed by atoms with Crippen LogP contribution in [0.4, 0.5) is 5.95 Å². The third kappa shape index (κ3) is 2.00. The molecule has 0 unspecified atom stereocenters. The highest BCUT2D eigenvalue weighted by atomic mass is 32.1. The highest BCUT2D eigenvalue weighted by molar-refractivity contribution is 7.09. The van der Waals surface area contributed by atoms with Crippen LogP contribution in [-0.2, 0) is 6.42 Å². The summed E-state index contributed by atoms with van der Waals surface area (Å²) >= 11 is 1.61. The van der Waals surface area contributed by atoms with Gasteiger partial charge in [0.15, 0.2) is 0 Å². The standard InChI is InChI=1S/C8H8N4S/c9-8-11-2-1-6(12-8)5-7-10-3-4-13-7/h1-4H,5H2,(H2,9,11,12). The van der Waals surface area contributed by atoms with Gasteiger partial charge in [-0.25, -0.2) is 15.0 Å². The van der Waals surface area contributed by atoms with Crippen molar-refractivity contribution >= 4 is 17.3 Å². The molecule has 0 bridgehead atoms. The second kappa shape index (κ2) is 3.49. The molecule has 2 aromatic rings. The number of nitrogens with zero attached hydrogens (tertiary/aromatic N) is 3. The van der Waals surface area contributed by atoms with Gasteiger partial charge in [0.25, 0.3) is 0 Å². The van der Waals surface area contributed by atoms with Crippen molar-refractivity contribution in [3.63, 3.8) is 0 Å². The smallest absolute Gasteiger partial charge is 0.220 e. The van der Waals surface area contributed by atoms with Gasteiger partial charge in [0.05, 0.1) is 10.7 Å². The van der Waals surface area contributed by atoms with E-state index in [1.54, 1.807) is 23.7 Å². The van der Waals surface area contributed by atoms with Crippen LogP contribution < -0.4 is 5.73 Å². The topological polar surface area (TPSA) is 64.7 Å². The second-order valence-corrected chi connectivity index (χ2v) is 3.49. The highest BCUT2D eigenvalue weighted by Gasteiger charge is 2.00. The molecule has 4 nitrogen and oxygen atoms in total. The largest absolute Gasteiger partial charge is 0.368 e. The maximum absolute atomic E-state index is 5.45. The van der Waals surface area contributed by atoms with Gasteiger partial charge in [-0.3, -0.25) is 0 Å². The molecule has 2 heterocycles. The number of hydrogen-bond acceptors (Lipinski definition) is 5. The molecule has 0 aromatic carbocycles. The predicted octanol–water partition coefficient (Wildman–Crippen LogP) is 1.11. The van der Waals surface area contributed by atoms with Crippen LogP contribution in [0.5, 0.6) is 0 Å². The van der Waals surface area contributed by atoms with Gasteiger partial charge in [-0.1, -0.05) is 0 Å². The Bertz CT molecular complexity index is 385. The summed E-state index contributed by atoms with van der Waals surface area (Å²) in [5.74, 6) is 0.314. The van der Waals surface area contributed by atoms with E-state index < -0.39 is 0 Å². The normalized spacial score (nSPS) is 10.2. The number of rotatable bonds is 2. The van der Waals surface area contributed by atoms with Crippen molar-refractivity contribution in [2.24, 2.45) is 0 Å². The van der Waals surface area contributed by atoms with Gasteiger partial charge >= 0.3 is 0 Å². The molecule has 0 saturated heterocycles. The van der Waals surface area contributed by atoms with E-state index in [4.69, 9.17) is 5.73 Å². The average Bonchev–Trinajstić information content (AvgIpc) is 2.57. The zero-order valence-electron chi connectivity index (χ0n) is 6.84. The Morgan fingerprint density at radius 1 is 1.31 bits per heavy atom. The first kappa shape index (κ1) is 8.12. The Labute approximate surface area is 79.5 Å². The Kier molecular flexibility index (Phi) is 2.18. The number of anilines is 1. The molecular weight excluding hydrogens is 184 g/mol. The van der Waals surface area contributed by atoms with Crippen molar-refractivity contribution in [2.75, 3.05) is 5.73 Å². The zero-order valence-corrected chi connectivity index (χ0v) is 7.66. The van der Waals surface area contributed by atoms with Gasteiger partial charge < -0.3 is 5.73 Å². The lowest BCUT2D eigenvalue weighted by Gasteiger charge is -1.96. The summed E-state index contributed by atoms with van der Waals surface area (Å²) in [6.07, 6.45) is 4.17. The summed E-state index contributed by atoms with van der Waals surface area (Å²) in [7, 11) is 0. The lowest BCUT2D eigenvalue weighted by Crippen LogP contribution is -1.98. The second-order valence-electron chi connectivity index (χ2n) is 2.51. The molecule has 0 fully saturated rings. The molecule has 0 aliphatic carbocycles. The summed E-state index contributed by atoms with van der Waals surface area (Å²) < 4.78 is 0. The predicted molar refractivity (Wildman–Crippen MR) is 51.4 cm³/mol. The Balaban J connectivity index is 2.19. The van der Waals surface area contributed by atoms with Gasteiger partial charge in [-0.05, 0) is 6.07 Å². The molecule has 0 aliphatic heterocycles. The summed E-state index contributed by atoms with van der Waals surface area (Å²) in [5, 5.41) is 2.98. The summed E-state index contributed by atoms with van der Waals surface area (Å²) in [6, 6.07) is 1.84. The Hall–Kier alpha value is -1.49. The first-order valence-electron chi connectivity index (χ1n) is 3.80. The molecule has 13 heavy (non-hydrogen) atoms. The van der Waals surface area contributed by atoms with E-state index in [2.05, 4.69) is 15.0 Å². The van der Waals surface area contributed by atoms with Gasteiger partial charge in [-0.2, -0.15) is 0 Å². The van der Waals surface area contributed by atoms with Crippen molar-refractivity contribution in [2.45, 2.75) is 6.42 Å². The molecule has 5 heteroatoms. The molecule has 2 rings (SSSR count). The summed E-state index contributed by atoms with van der Waals surface area (Å²) in [4.78, 5) is 12.1. The molecule has 0 aliphatic rings. The van der Waals surface area contributed by atoms with Crippen LogP contribution >= 0.6 is 11.3 Å². The quantitative estimate of drug-likeness (QED) is 0.774. The fourth-order valence-corrected chi connectivity index (χ4v) is 1.64. The van der Waals surface area contributed by atoms with Crippen LogP contribution in [-0.4, -0.2) is 15.0 Å². The van der Waals surface area contributed by atoms with Gasteiger partial charge in [-0.15, -0.1) is 11.3 Å². The Morgan fingerprint density at radius 3 is 2.92 bits per heavy atom. The van der Waals surface area contributed by atoms with Crippen LogP contribution in [0, 0.1) is 0 Å². The number of aromatic nitrogens is 3. The van der Waals surface area contributed by atoms with E-state index in [-0.39, 0.29) is 0 Å². The first-order chi connectivity index (χ1) is 6.34. The number of nitrogen functional groups attached to an aromatic ring is 1. The number of thiazole rings is 1. The molecule has 0 spiro atoms. The van der Waals surface area contributed by atoms with Gasteiger partial charge in [0.2, 0.25) is 5.95 Å². The minimum Gasteiger partial charge on any atom is -0.368 e. The van der Waals surface area contributed by atoms with Crippen LogP contribution in [0.15, 0.2) is 23.8 Å². The molecule has 66 valence electrons. The third-order valence-corrected chi connectivity index (χ3v) is 2.33. The molecular formula is C8H8N4S. The molecule has 0 saturated carbocycles. The van der Waals surface area contributed by atoms with Crippen molar-refractivity contribution in [3.8, 4) is 0 Å². The number of nitrogens with two attached hydrogens (primary N) is 1. The molecule has 2 N–H and O–H groups in total. The van der Waals surface area contributed by atoms with E-state index in [9.17, 15) is 0 Å². The lowest BCUT2D eigenvalue weighted by molar-refractivity contribution is 1.02. The molecule has 0 radical (unpaired) electrons. The third-order valence-electron chi connectivity index (χ3n) is 1.55. The van der Waals surface area contributed by atoms with E-state index >= 15 is 0 Å². The SMILES string of the molecule is Nc1nccc(Cc2nccs2)n1. The minimum atomic E-state index is 0.314. The van der Waals surface area contributed by atoms with Crippen molar-refractivity contribution in [1.82, 2.24) is 15.0 Å². The fourth-order valence-electron chi connectivity index (χ4n) is 1.01. The summed E-state index contributed by atoms with van der Waals surface area (Å²) in [6.45, 7) is 0.